The highest BCUT2D eigenvalue weighted by molar-refractivity contribution is 5.65. The molecule has 3 heterocycles. The van der Waals surface area contributed by atoms with Crippen LogP contribution in [0.3, 0.4) is 0 Å². The molecule has 2 saturated heterocycles. The second-order valence-electron chi connectivity index (χ2n) is 7.14. The normalized spacial score (nSPS) is 18.9. The number of para-hydroxylation sites is 2. The Morgan fingerprint density at radius 3 is 2.59 bits per heavy atom. The van der Waals surface area contributed by atoms with Gasteiger partial charge in [0.2, 0.25) is 0 Å². The predicted octanol–water partition coefficient (Wildman–Crippen LogP) is 3.35. The second kappa shape index (κ2) is 7.70. The van der Waals surface area contributed by atoms with Crippen LogP contribution in [0, 0.1) is 0 Å². The van der Waals surface area contributed by atoms with Crippen LogP contribution >= 0.6 is 0 Å². The summed E-state index contributed by atoms with van der Waals surface area (Å²) in [6, 6.07) is 9.85. The summed E-state index contributed by atoms with van der Waals surface area (Å²) < 4.78 is 17.5. The molecule has 4 rings (SSSR count). The summed E-state index contributed by atoms with van der Waals surface area (Å²) >= 11 is 0. The van der Waals surface area contributed by atoms with Crippen molar-refractivity contribution in [2.45, 2.75) is 38.6 Å². The molecule has 1 N–H and O–H groups in total. The fourth-order valence-corrected chi connectivity index (χ4v) is 3.52. The number of hydrogen-bond donors (Lipinski definition) is 1. The summed E-state index contributed by atoms with van der Waals surface area (Å²) in [5.41, 5.74) is 0.890. The molecule has 0 unspecified atom stereocenters. The molecule has 0 radical (unpaired) electrons. The summed E-state index contributed by atoms with van der Waals surface area (Å²) in [4.78, 5) is 11.1. The molecule has 2 aromatic rings. The molecule has 144 valence electrons. The Kier molecular flexibility index (Phi) is 5.13. The number of piperidine rings is 1. The van der Waals surface area contributed by atoms with Gasteiger partial charge in [-0.1, -0.05) is 12.1 Å². The molecule has 0 atom stereocenters. The van der Waals surface area contributed by atoms with Gasteiger partial charge in [0.25, 0.3) is 0 Å². The van der Waals surface area contributed by atoms with Gasteiger partial charge in [0.15, 0.2) is 5.79 Å². The Hall–Kier alpha value is -2.38. The number of rotatable bonds is 5. The van der Waals surface area contributed by atoms with Crippen LogP contribution in [-0.2, 0) is 9.47 Å². The van der Waals surface area contributed by atoms with Gasteiger partial charge in [-0.3, -0.25) is 0 Å². The lowest BCUT2D eigenvalue weighted by atomic mass is 10.0. The number of benzene rings is 1. The van der Waals surface area contributed by atoms with Gasteiger partial charge in [0.1, 0.15) is 23.7 Å². The van der Waals surface area contributed by atoms with E-state index in [1.807, 2.05) is 44.2 Å². The monoisotopic (exact) mass is 370 g/mol. The number of aromatic nitrogens is 2. The average Bonchev–Trinajstić information content (AvgIpc) is 3.12. The molecule has 2 fully saturated rings. The van der Waals surface area contributed by atoms with Crippen molar-refractivity contribution < 1.29 is 14.2 Å². The number of nitrogens with one attached hydrogen (secondary N) is 1. The average molecular weight is 370 g/mol. The van der Waals surface area contributed by atoms with E-state index < -0.39 is 0 Å². The van der Waals surface area contributed by atoms with E-state index in [0.29, 0.717) is 13.2 Å². The number of ether oxygens (including phenoxy) is 3. The van der Waals surface area contributed by atoms with Gasteiger partial charge in [0.05, 0.1) is 25.0 Å². The lowest BCUT2D eigenvalue weighted by molar-refractivity contribution is -0.169. The van der Waals surface area contributed by atoms with Gasteiger partial charge >= 0.3 is 0 Å². The van der Waals surface area contributed by atoms with Crippen molar-refractivity contribution in [3.8, 4) is 5.75 Å². The van der Waals surface area contributed by atoms with Crippen molar-refractivity contribution in [2.75, 3.05) is 36.5 Å². The van der Waals surface area contributed by atoms with Crippen LogP contribution in [-0.4, -0.2) is 48.2 Å². The zero-order valence-corrected chi connectivity index (χ0v) is 15.9. The highest BCUT2D eigenvalue weighted by atomic mass is 16.7. The maximum absolute atomic E-state index is 5.87. The third-order valence-electron chi connectivity index (χ3n) is 4.83. The van der Waals surface area contributed by atoms with E-state index in [4.69, 9.17) is 14.2 Å². The molecule has 2 aliphatic heterocycles. The highest BCUT2D eigenvalue weighted by Crippen LogP contribution is 2.33. The van der Waals surface area contributed by atoms with E-state index in [0.717, 1.165) is 49.0 Å². The fraction of sp³-hybridized carbons (Fsp3) is 0.500. The first-order valence-corrected chi connectivity index (χ1v) is 9.51. The van der Waals surface area contributed by atoms with Crippen LogP contribution in [0.5, 0.6) is 5.75 Å². The van der Waals surface area contributed by atoms with E-state index in [9.17, 15) is 0 Å². The van der Waals surface area contributed by atoms with Gasteiger partial charge < -0.3 is 24.4 Å². The first-order chi connectivity index (χ1) is 13.1. The molecule has 1 aromatic heterocycles. The van der Waals surface area contributed by atoms with Gasteiger partial charge in [-0.05, 0) is 26.0 Å². The first-order valence-electron chi connectivity index (χ1n) is 9.51. The first kappa shape index (κ1) is 18.0. The van der Waals surface area contributed by atoms with Crippen molar-refractivity contribution in [2.24, 2.45) is 0 Å². The molecule has 2 aliphatic rings. The number of nitrogens with zero attached hydrogens (tertiary/aromatic N) is 3. The zero-order chi connectivity index (χ0) is 18.7. The highest BCUT2D eigenvalue weighted by Gasteiger charge is 2.40. The lowest BCUT2D eigenvalue weighted by Crippen LogP contribution is -2.45. The molecule has 0 bridgehead atoms. The Balaban J connectivity index is 1.46. The Morgan fingerprint density at radius 2 is 1.85 bits per heavy atom. The van der Waals surface area contributed by atoms with E-state index in [1.165, 1.54) is 0 Å². The summed E-state index contributed by atoms with van der Waals surface area (Å²) in [6.07, 6.45) is 3.40. The molecule has 0 saturated carbocycles. The van der Waals surface area contributed by atoms with Gasteiger partial charge in [-0.15, -0.1) is 0 Å². The van der Waals surface area contributed by atoms with Crippen LogP contribution in [0.25, 0.3) is 0 Å². The van der Waals surface area contributed by atoms with Gasteiger partial charge in [-0.25, -0.2) is 9.97 Å². The van der Waals surface area contributed by atoms with Crippen molar-refractivity contribution in [1.29, 1.82) is 0 Å². The van der Waals surface area contributed by atoms with E-state index in [2.05, 4.69) is 20.2 Å². The minimum absolute atomic E-state index is 0.106. The molecule has 1 aromatic carbocycles. The topological polar surface area (TPSA) is 68.7 Å². The maximum Gasteiger partial charge on any atom is 0.171 e. The molecular weight excluding hydrogens is 344 g/mol. The summed E-state index contributed by atoms with van der Waals surface area (Å²) in [6.45, 7) is 7.12. The maximum atomic E-state index is 5.87. The fourth-order valence-electron chi connectivity index (χ4n) is 3.52. The summed E-state index contributed by atoms with van der Waals surface area (Å²) in [7, 11) is 0. The van der Waals surface area contributed by atoms with Crippen LogP contribution < -0.4 is 15.0 Å². The molecule has 0 amide bonds. The molecular formula is C20H26N4O3. The Labute approximate surface area is 159 Å². The number of anilines is 3. The van der Waals surface area contributed by atoms with Crippen molar-refractivity contribution in [3.05, 3.63) is 36.7 Å². The van der Waals surface area contributed by atoms with Crippen LogP contribution in [0.2, 0.25) is 0 Å². The molecule has 7 nitrogen and oxygen atoms in total. The number of hydrogen-bond acceptors (Lipinski definition) is 7. The summed E-state index contributed by atoms with van der Waals surface area (Å²) in [5.74, 6) is 2.08. The Bertz CT molecular complexity index is 767. The van der Waals surface area contributed by atoms with Crippen molar-refractivity contribution in [3.63, 3.8) is 0 Å². The predicted molar refractivity (Wildman–Crippen MR) is 104 cm³/mol. The molecule has 1 spiro atoms. The smallest absolute Gasteiger partial charge is 0.171 e. The van der Waals surface area contributed by atoms with Crippen molar-refractivity contribution in [1.82, 2.24) is 9.97 Å². The third-order valence-corrected chi connectivity index (χ3v) is 4.83. The quantitative estimate of drug-likeness (QED) is 0.865. The zero-order valence-electron chi connectivity index (χ0n) is 15.9. The molecule has 7 heteroatoms. The van der Waals surface area contributed by atoms with Crippen LogP contribution in [0.1, 0.15) is 26.7 Å². The molecule has 27 heavy (non-hydrogen) atoms. The van der Waals surface area contributed by atoms with Crippen LogP contribution in [0.15, 0.2) is 36.7 Å². The van der Waals surface area contributed by atoms with Gasteiger partial charge in [-0.2, -0.15) is 0 Å². The lowest BCUT2D eigenvalue weighted by Gasteiger charge is -2.38. The van der Waals surface area contributed by atoms with E-state index in [1.54, 1.807) is 6.33 Å². The minimum atomic E-state index is -0.377. The second-order valence-corrected chi connectivity index (χ2v) is 7.14. The van der Waals surface area contributed by atoms with Gasteiger partial charge in [0, 0.05) is 32.0 Å². The minimum Gasteiger partial charge on any atom is -0.489 e. The van der Waals surface area contributed by atoms with E-state index in [-0.39, 0.29) is 11.9 Å². The SMILES string of the molecule is CC(C)Oc1ccccc1Nc1cc(N2CCC3(CC2)OCCO3)ncn1. The molecule has 0 aliphatic carbocycles. The standard InChI is InChI=1S/C20H26N4O3/c1-15(2)27-17-6-4-3-5-16(17)23-18-13-19(22-14-21-18)24-9-7-20(8-10-24)25-11-12-26-20/h3-6,13-15H,7-12H2,1-2H3,(H,21,22,23). The van der Waals surface area contributed by atoms with Crippen molar-refractivity contribution >= 4 is 17.3 Å². The van der Waals surface area contributed by atoms with E-state index >= 15 is 0 Å². The Morgan fingerprint density at radius 1 is 1.11 bits per heavy atom. The van der Waals surface area contributed by atoms with Crippen LogP contribution in [0.4, 0.5) is 17.3 Å². The third kappa shape index (κ3) is 4.14. The largest absolute Gasteiger partial charge is 0.489 e. The summed E-state index contributed by atoms with van der Waals surface area (Å²) in [5, 5.41) is 3.35.